The van der Waals surface area contributed by atoms with Crippen LogP contribution in [-0.2, 0) is 7.05 Å². The van der Waals surface area contributed by atoms with Crippen molar-refractivity contribution in [1.82, 2.24) is 9.55 Å². The highest BCUT2D eigenvalue weighted by molar-refractivity contribution is 5.61. The van der Waals surface area contributed by atoms with Crippen LogP contribution in [0.2, 0.25) is 0 Å². The minimum Gasteiger partial charge on any atom is -0.496 e. The van der Waals surface area contributed by atoms with Crippen LogP contribution >= 0.6 is 0 Å². The molecule has 2 rings (SSSR count). The first-order valence-corrected chi connectivity index (χ1v) is 6.18. The molecule has 4 heteroatoms. The smallest absolute Gasteiger partial charge is 0.140 e. The molecule has 0 saturated carbocycles. The number of hydrogen-bond donors (Lipinski definition) is 0. The molecule has 0 amide bonds. The average Bonchev–Trinajstić information content (AvgIpc) is 2.79. The monoisotopic (exact) mass is 255 g/mol. The van der Waals surface area contributed by atoms with E-state index >= 15 is 0 Å². The molecule has 2 aromatic rings. The van der Waals surface area contributed by atoms with Crippen molar-refractivity contribution in [3.05, 3.63) is 35.7 Å². The summed E-state index contributed by atoms with van der Waals surface area (Å²) in [5, 5.41) is 8.97. The quantitative estimate of drug-likeness (QED) is 0.846. The first-order chi connectivity index (χ1) is 9.08. The second kappa shape index (κ2) is 5.15. The fraction of sp³-hybridized carbons (Fsp3) is 0.333. The van der Waals surface area contributed by atoms with Crippen LogP contribution in [0.1, 0.15) is 31.0 Å². The molecule has 0 aliphatic heterocycles. The summed E-state index contributed by atoms with van der Waals surface area (Å²) < 4.78 is 7.17. The molecule has 0 spiro atoms. The van der Waals surface area contributed by atoms with Crippen molar-refractivity contribution < 1.29 is 4.74 Å². The second-order valence-electron chi connectivity index (χ2n) is 4.75. The lowest BCUT2D eigenvalue weighted by atomic mass is 9.99. The van der Waals surface area contributed by atoms with Gasteiger partial charge in [-0.15, -0.1) is 0 Å². The summed E-state index contributed by atoms with van der Waals surface area (Å²) >= 11 is 0. The number of hydrogen-bond acceptors (Lipinski definition) is 3. The molecule has 0 saturated heterocycles. The van der Waals surface area contributed by atoms with Gasteiger partial charge in [-0.2, -0.15) is 5.26 Å². The van der Waals surface area contributed by atoms with Crippen LogP contribution in [-0.4, -0.2) is 16.7 Å². The zero-order chi connectivity index (χ0) is 14.0. The lowest BCUT2D eigenvalue weighted by Crippen LogP contribution is -1.98. The topological polar surface area (TPSA) is 50.8 Å². The van der Waals surface area contributed by atoms with E-state index in [0.29, 0.717) is 11.6 Å². The molecular weight excluding hydrogens is 238 g/mol. The normalized spacial score (nSPS) is 10.5. The summed E-state index contributed by atoms with van der Waals surface area (Å²) in [5.74, 6) is 2.04. The van der Waals surface area contributed by atoms with Gasteiger partial charge in [0.1, 0.15) is 23.3 Å². The van der Waals surface area contributed by atoms with Gasteiger partial charge in [0.05, 0.1) is 13.3 Å². The van der Waals surface area contributed by atoms with Gasteiger partial charge in [0.25, 0.3) is 0 Å². The summed E-state index contributed by atoms with van der Waals surface area (Å²) in [7, 11) is 3.52. The molecule has 19 heavy (non-hydrogen) atoms. The maximum atomic E-state index is 8.97. The first kappa shape index (κ1) is 13.2. The van der Waals surface area contributed by atoms with E-state index in [9.17, 15) is 0 Å². The molecular formula is C15H17N3O. The summed E-state index contributed by atoms with van der Waals surface area (Å²) in [6.45, 7) is 4.25. The number of methoxy groups -OCH3 is 1. The van der Waals surface area contributed by atoms with E-state index in [1.54, 1.807) is 17.9 Å². The van der Waals surface area contributed by atoms with Crippen molar-refractivity contribution in [3.63, 3.8) is 0 Å². The van der Waals surface area contributed by atoms with Crippen LogP contribution in [0.3, 0.4) is 0 Å². The fourth-order valence-electron chi connectivity index (χ4n) is 2.11. The van der Waals surface area contributed by atoms with Gasteiger partial charge in [-0.1, -0.05) is 13.8 Å². The lowest BCUT2D eigenvalue weighted by molar-refractivity contribution is 0.407. The second-order valence-corrected chi connectivity index (χ2v) is 4.75. The van der Waals surface area contributed by atoms with E-state index in [2.05, 4.69) is 31.0 Å². The third-order valence-corrected chi connectivity index (χ3v) is 3.21. The molecule has 98 valence electrons. The standard InChI is InChI=1S/C15H17N3O/c1-10(2)13-7-11(5-6-14(13)19-4)15-17-9-12(8-16)18(15)3/h5-7,9-10H,1-4H3. The lowest BCUT2D eigenvalue weighted by Gasteiger charge is -2.13. The Bertz CT molecular complexity index is 635. The van der Waals surface area contributed by atoms with E-state index in [4.69, 9.17) is 10.00 Å². The summed E-state index contributed by atoms with van der Waals surface area (Å²) in [6.07, 6.45) is 1.59. The van der Waals surface area contributed by atoms with Gasteiger partial charge in [0.15, 0.2) is 0 Å². The Kier molecular flexibility index (Phi) is 3.57. The Balaban J connectivity index is 2.55. The molecule has 0 atom stereocenters. The Hall–Kier alpha value is -2.28. The van der Waals surface area contributed by atoms with Gasteiger partial charge >= 0.3 is 0 Å². The highest BCUT2D eigenvalue weighted by Crippen LogP contribution is 2.31. The molecule has 0 bridgehead atoms. The highest BCUT2D eigenvalue weighted by Gasteiger charge is 2.13. The van der Waals surface area contributed by atoms with Crippen LogP contribution in [0.5, 0.6) is 5.75 Å². The van der Waals surface area contributed by atoms with Crippen molar-refractivity contribution in [2.24, 2.45) is 7.05 Å². The Morgan fingerprint density at radius 3 is 2.63 bits per heavy atom. The Labute approximate surface area is 113 Å². The van der Waals surface area contributed by atoms with E-state index in [1.165, 1.54) is 0 Å². The van der Waals surface area contributed by atoms with Crippen molar-refractivity contribution >= 4 is 0 Å². The zero-order valence-corrected chi connectivity index (χ0v) is 11.6. The predicted molar refractivity (Wildman–Crippen MR) is 74.0 cm³/mol. The van der Waals surface area contributed by atoms with Crippen LogP contribution in [0.25, 0.3) is 11.4 Å². The van der Waals surface area contributed by atoms with Crippen molar-refractivity contribution in [2.45, 2.75) is 19.8 Å². The van der Waals surface area contributed by atoms with E-state index < -0.39 is 0 Å². The van der Waals surface area contributed by atoms with Crippen molar-refractivity contribution in [2.75, 3.05) is 7.11 Å². The molecule has 0 fully saturated rings. The van der Waals surface area contributed by atoms with Gasteiger partial charge in [-0.05, 0) is 29.7 Å². The van der Waals surface area contributed by atoms with Crippen molar-refractivity contribution in [1.29, 1.82) is 5.26 Å². The van der Waals surface area contributed by atoms with Gasteiger partial charge in [-0.25, -0.2) is 4.98 Å². The third kappa shape index (κ3) is 2.32. The fourth-order valence-corrected chi connectivity index (χ4v) is 2.11. The number of benzene rings is 1. The van der Waals surface area contributed by atoms with Crippen molar-refractivity contribution in [3.8, 4) is 23.2 Å². The molecule has 1 aromatic carbocycles. The van der Waals surface area contributed by atoms with E-state index in [1.807, 2.05) is 19.2 Å². The Morgan fingerprint density at radius 2 is 2.11 bits per heavy atom. The zero-order valence-electron chi connectivity index (χ0n) is 11.6. The number of nitriles is 1. The Morgan fingerprint density at radius 1 is 1.37 bits per heavy atom. The highest BCUT2D eigenvalue weighted by atomic mass is 16.5. The van der Waals surface area contributed by atoms with Crippen LogP contribution in [0.4, 0.5) is 0 Å². The maximum Gasteiger partial charge on any atom is 0.140 e. The summed E-state index contributed by atoms with van der Waals surface area (Å²) in [6, 6.07) is 8.11. The molecule has 1 heterocycles. The molecule has 0 aliphatic carbocycles. The molecule has 0 N–H and O–H groups in total. The van der Waals surface area contributed by atoms with E-state index in [0.717, 1.165) is 22.7 Å². The van der Waals surface area contributed by atoms with Gasteiger partial charge in [-0.3, -0.25) is 0 Å². The van der Waals surface area contributed by atoms with Crippen LogP contribution in [0.15, 0.2) is 24.4 Å². The van der Waals surface area contributed by atoms with E-state index in [-0.39, 0.29) is 0 Å². The van der Waals surface area contributed by atoms with Gasteiger partial charge in [0.2, 0.25) is 0 Å². The minimum atomic E-state index is 0.366. The molecule has 1 aromatic heterocycles. The summed E-state index contributed by atoms with van der Waals surface area (Å²) in [5.41, 5.74) is 2.69. The first-order valence-electron chi connectivity index (χ1n) is 6.18. The van der Waals surface area contributed by atoms with Crippen LogP contribution in [0, 0.1) is 11.3 Å². The number of imidazole rings is 1. The minimum absolute atomic E-state index is 0.366. The molecule has 0 unspecified atom stereocenters. The molecule has 0 radical (unpaired) electrons. The largest absolute Gasteiger partial charge is 0.496 e. The number of aromatic nitrogens is 2. The number of rotatable bonds is 3. The molecule has 4 nitrogen and oxygen atoms in total. The maximum absolute atomic E-state index is 8.97. The average molecular weight is 255 g/mol. The molecule has 0 aliphatic rings. The number of ether oxygens (including phenoxy) is 1. The summed E-state index contributed by atoms with van der Waals surface area (Å²) in [4.78, 5) is 4.31. The van der Waals surface area contributed by atoms with Crippen LogP contribution < -0.4 is 4.74 Å². The van der Waals surface area contributed by atoms with Gasteiger partial charge in [0, 0.05) is 12.6 Å². The number of nitrogens with zero attached hydrogens (tertiary/aromatic N) is 3. The van der Waals surface area contributed by atoms with Gasteiger partial charge < -0.3 is 9.30 Å². The third-order valence-electron chi connectivity index (χ3n) is 3.21. The predicted octanol–water partition coefficient (Wildman–Crippen LogP) is 3.09. The SMILES string of the molecule is COc1ccc(-c2ncc(C#N)n2C)cc1C(C)C.